The first-order valence-electron chi connectivity index (χ1n) is 9.79. The third kappa shape index (κ3) is 4.89. The molecule has 2 N–H and O–H groups in total. The Morgan fingerprint density at radius 1 is 1.12 bits per heavy atom. The molecule has 0 saturated heterocycles. The van der Waals surface area contributed by atoms with Crippen LogP contribution in [0.15, 0.2) is 36.5 Å². The molecule has 3 amide bonds. The van der Waals surface area contributed by atoms with Crippen LogP contribution in [0.4, 0.5) is 14.9 Å². The smallest absolute Gasteiger partial charge is 0.307 e. The van der Waals surface area contributed by atoms with Crippen LogP contribution in [0, 0.1) is 19.7 Å². The van der Waals surface area contributed by atoms with Crippen LogP contribution in [0.25, 0.3) is 11.3 Å². The van der Waals surface area contributed by atoms with Crippen LogP contribution in [0.3, 0.4) is 0 Å². The minimum Gasteiger partial charge on any atom is -0.307 e. The molecular weight excluding hydrogens is 454 g/mol. The van der Waals surface area contributed by atoms with Crippen molar-refractivity contribution >= 4 is 40.8 Å². The molecule has 0 bridgehead atoms. The molecule has 0 aliphatic heterocycles. The predicted molar refractivity (Wildman–Crippen MR) is 124 cm³/mol. The van der Waals surface area contributed by atoms with Gasteiger partial charge in [-0.05, 0) is 49.1 Å². The van der Waals surface area contributed by atoms with Gasteiger partial charge in [0, 0.05) is 17.5 Å². The Bertz CT molecular complexity index is 1210. The molecule has 3 rings (SSSR count). The van der Waals surface area contributed by atoms with Crippen molar-refractivity contribution < 1.29 is 14.0 Å². The number of pyridine rings is 2. The summed E-state index contributed by atoms with van der Waals surface area (Å²) >= 11 is 12.4. The van der Waals surface area contributed by atoms with E-state index in [0.29, 0.717) is 5.69 Å². The van der Waals surface area contributed by atoms with E-state index in [0.717, 1.165) is 16.8 Å². The second-order valence-electron chi connectivity index (χ2n) is 7.50. The van der Waals surface area contributed by atoms with Crippen molar-refractivity contribution in [1.29, 1.82) is 0 Å². The number of hydrogen-bond donors (Lipinski definition) is 2. The molecule has 3 aromatic rings. The van der Waals surface area contributed by atoms with Crippen molar-refractivity contribution in [2.75, 3.05) is 5.32 Å². The van der Waals surface area contributed by atoms with Gasteiger partial charge < -0.3 is 5.32 Å². The molecule has 9 heteroatoms. The molecule has 166 valence electrons. The molecular formula is C23H21Cl2FN4O2. The van der Waals surface area contributed by atoms with Gasteiger partial charge in [-0.15, -0.1) is 0 Å². The monoisotopic (exact) mass is 474 g/mol. The fourth-order valence-corrected chi connectivity index (χ4v) is 3.59. The lowest BCUT2D eigenvalue weighted by molar-refractivity contribution is 0.0967. The SMILES string of the molecule is Cc1ncc(C(C)C)c(NC(=O)NC(=O)c2cc(Cl)c(-c3ccccc3F)nc2Cl)c1C. The average molecular weight is 475 g/mol. The molecule has 32 heavy (non-hydrogen) atoms. The summed E-state index contributed by atoms with van der Waals surface area (Å²) in [4.78, 5) is 33.6. The largest absolute Gasteiger partial charge is 0.326 e. The van der Waals surface area contributed by atoms with Crippen LogP contribution in [0.5, 0.6) is 0 Å². The van der Waals surface area contributed by atoms with E-state index in [1.54, 1.807) is 12.3 Å². The minimum absolute atomic E-state index is 0.0211. The predicted octanol–water partition coefficient (Wildman–Crippen LogP) is 6.29. The average Bonchev–Trinajstić information content (AvgIpc) is 2.73. The summed E-state index contributed by atoms with van der Waals surface area (Å²) in [6.45, 7) is 7.63. The lowest BCUT2D eigenvalue weighted by Gasteiger charge is -2.17. The van der Waals surface area contributed by atoms with Crippen molar-refractivity contribution in [2.24, 2.45) is 0 Å². The second kappa shape index (κ2) is 9.63. The number of rotatable bonds is 4. The normalized spacial score (nSPS) is 10.9. The van der Waals surface area contributed by atoms with Gasteiger partial charge in [-0.25, -0.2) is 14.2 Å². The number of carbonyl (C=O) groups excluding carboxylic acids is 2. The maximum atomic E-state index is 14.1. The second-order valence-corrected chi connectivity index (χ2v) is 8.26. The molecule has 6 nitrogen and oxygen atoms in total. The van der Waals surface area contributed by atoms with Crippen LogP contribution in [-0.4, -0.2) is 21.9 Å². The number of urea groups is 1. The number of aromatic nitrogens is 2. The Morgan fingerprint density at radius 3 is 2.47 bits per heavy atom. The maximum Gasteiger partial charge on any atom is 0.326 e. The number of nitrogens with one attached hydrogen (secondary N) is 2. The van der Waals surface area contributed by atoms with Gasteiger partial charge in [0.2, 0.25) is 0 Å². The van der Waals surface area contributed by atoms with Gasteiger partial charge in [0.15, 0.2) is 0 Å². The van der Waals surface area contributed by atoms with E-state index >= 15 is 0 Å². The van der Waals surface area contributed by atoms with E-state index in [9.17, 15) is 14.0 Å². The van der Waals surface area contributed by atoms with Crippen LogP contribution in [-0.2, 0) is 0 Å². The number of anilines is 1. The Balaban J connectivity index is 1.84. The third-order valence-electron chi connectivity index (χ3n) is 4.99. The molecule has 0 aliphatic carbocycles. The first-order valence-corrected chi connectivity index (χ1v) is 10.5. The van der Waals surface area contributed by atoms with E-state index in [1.807, 2.05) is 27.7 Å². The van der Waals surface area contributed by atoms with Crippen LogP contribution in [0.2, 0.25) is 10.2 Å². The topological polar surface area (TPSA) is 84.0 Å². The lowest BCUT2D eigenvalue weighted by Crippen LogP contribution is -2.35. The van der Waals surface area contributed by atoms with E-state index < -0.39 is 17.8 Å². The molecule has 0 radical (unpaired) electrons. The van der Waals surface area contributed by atoms with Gasteiger partial charge in [0.05, 0.1) is 22.0 Å². The number of amides is 3. The highest BCUT2D eigenvalue weighted by molar-refractivity contribution is 6.36. The summed E-state index contributed by atoms with van der Waals surface area (Å²) in [5, 5.41) is 4.76. The lowest BCUT2D eigenvalue weighted by atomic mass is 9.99. The van der Waals surface area contributed by atoms with E-state index in [1.165, 1.54) is 24.3 Å². The Labute approximate surface area is 195 Å². The number of hydrogen-bond acceptors (Lipinski definition) is 4. The standard InChI is InChI=1S/C23H21Cl2FN4O2/c1-11(2)16-10-27-13(4)12(3)19(16)29-23(32)30-22(31)15-9-17(24)20(28-21(15)25)14-7-5-6-8-18(14)26/h5-11H,1-4H3,(H2,27,29,30,31,32). The third-order valence-corrected chi connectivity index (χ3v) is 5.57. The summed E-state index contributed by atoms with van der Waals surface area (Å²) < 4.78 is 14.1. The summed E-state index contributed by atoms with van der Waals surface area (Å²) in [7, 11) is 0. The molecule has 0 fully saturated rings. The van der Waals surface area contributed by atoms with Gasteiger partial charge in [0.25, 0.3) is 5.91 Å². The summed E-state index contributed by atoms with van der Waals surface area (Å²) in [6, 6.07) is 6.44. The molecule has 1 aromatic carbocycles. The summed E-state index contributed by atoms with van der Waals surface area (Å²) in [6.07, 6.45) is 1.70. The summed E-state index contributed by atoms with van der Waals surface area (Å²) in [5.74, 6) is -1.22. The molecule has 2 aromatic heterocycles. The number of benzene rings is 1. The number of carbonyl (C=O) groups is 2. The van der Waals surface area contributed by atoms with Gasteiger partial charge in [-0.1, -0.05) is 49.2 Å². The molecule has 0 spiro atoms. The zero-order valence-corrected chi connectivity index (χ0v) is 19.4. The van der Waals surface area contributed by atoms with Crippen molar-refractivity contribution in [3.8, 4) is 11.3 Å². The first-order chi connectivity index (χ1) is 15.1. The molecule has 0 unspecified atom stereocenters. The van der Waals surface area contributed by atoms with Gasteiger partial charge in [-0.3, -0.25) is 15.1 Å². The van der Waals surface area contributed by atoms with Gasteiger partial charge in [-0.2, -0.15) is 0 Å². The fourth-order valence-electron chi connectivity index (χ4n) is 3.11. The van der Waals surface area contributed by atoms with Crippen molar-refractivity contribution in [1.82, 2.24) is 15.3 Å². The molecule has 2 heterocycles. The zero-order chi connectivity index (χ0) is 23.6. The quantitative estimate of drug-likeness (QED) is 0.435. The molecule has 0 aliphatic rings. The highest BCUT2D eigenvalue weighted by Gasteiger charge is 2.21. The Hall–Kier alpha value is -3.03. The molecule has 0 atom stereocenters. The summed E-state index contributed by atoms with van der Waals surface area (Å²) in [5.41, 5.74) is 3.13. The van der Waals surface area contributed by atoms with Crippen LogP contribution < -0.4 is 10.6 Å². The number of nitrogens with zero attached hydrogens (tertiary/aromatic N) is 2. The van der Waals surface area contributed by atoms with E-state index in [-0.39, 0.29) is 32.9 Å². The maximum absolute atomic E-state index is 14.1. The first kappa shape index (κ1) is 23.6. The fraction of sp³-hybridized carbons (Fsp3) is 0.217. The van der Waals surface area contributed by atoms with E-state index in [4.69, 9.17) is 23.2 Å². The van der Waals surface area contributed by atoms with Crippen LogP contribution >= 0.6 is 23.2 Å². The number of aryl methyl sites for hydroxylation is 1. The van der Waals surface area contributed by atoms with E-state index in [2.05, 4.69) is 20.6 Å². The zero-order valence-electron chi connectivity index (χ0n) is 17.9. The van der Waals surface area contributed by atoms with Crippen molar-refractivity contribution in [2.45, 2.75) is 33.6 Å². The molecule has 0 saturated carbocycles. The Kier molecular flexibility index (Phi) is 7.11. The van der Waals surface area contributed by atoms with Crippen molar-refractivity contribution in [3.05, 3.63) is 74.9 Å². The van der Waals surface area contributed by atoms with Gasteiger partial charge >= 0.3 is 6.03 Å². The van der Waals surface area contributed by atoms with Crippen molar-refractivity contribution in [3.63, 3.8) is 0 Å². The highest BCUT2D eigenvalue weighted by Crippen LogP contribution is 2.32. The number of halogens is 3. The van der Waals surface area contributed by atoms with Gasteiger partial charge in [0.1, 0.15) is 11.0 Å². The highest BCUT2D eigenvalue weighted by atomic mass is 35.5. The number of imide groups is 1. The Morgan fingerprint density at radius 2 is 1.81 bits per heavy atom. The minimum atomic E-state index is -0.795. The van der Waals surface area contributed by atoms with Crippen LogP contribution in [0.1, 0.15) is 46.9 Å².